The summed E-state index contributed by atoms with van der Waals surface area (Å²) in [7, 11) is 2.01. The Labute approximate surface area is 99.4 Å². The molecular weight excluding hydrogens is 208 g/mol. The lowest BCUT2D eigenvalue weighted by molar-refractivity contribution is 0.953. The minimum Gasteiger partial charge on any atom is -0.343 e. The molecule has 0 radical (unpaired) electrons. The van der Waals surface area contributed by atoms with Crippen LogP contribution in [0, 0.1) is 11.3 Å². The molecular formula is C15H10N2. The Morgan fingerprint density at radius 1 is 1.35 bits per heavy atom. The van der Waals surface area contributed by atoms with Crippen molar-refractivity contribution < 1.29 is 0 Å². The number of fused-ring (bicyclic) bond motifs is 3. The molecule has 1 aliphatic carbocycles. The molecule has 0 spiro atoms. The van der Waals surface area contributed by atoms with Crippen LogP contribution in [0.1, 0.15) is 16.8 Å². The van der Waals surface area contributed by atoms with Gasteiger partial charge in [0.2, 0.25) is 0 Å². The van der Waals surface area contributed by atoms with Crippen molar-refractivity contribution >= 4 is 23.1 Å². The van der Waals surface area contributed by atoms with Crippen LogP contribution in [-0.4, -0.2) is 4.57 Å². The number of nitriles is 1. The van der Waals surface area contributed by atoms with Crippen LogP contribution in [0.5, 0.6) is 0 Å². The number of hydrogen-bond donors (Lipinski definition) is 0. The van der Waals surface area contributed by atoms with Crippen LogP contribution >= 0.6 is 0 Å². The van der Waals surface area contributed by atoms with Crippen molar-refractivity contribution in [3.05, 3.63) is 52.9 Å². The standard InChI is InChI=1S/C15H10N2/c1-17-13-8-4-2-3-7-12(13)15-11(10-16)6-5-9-14(15)17/h2-3,5-9H,1H3. The van der Waals surface area contributed by atoms with E-state index in [-0.39, 0.29) is 0 Å². The second-order valence-corrected chi connectivity index (χ2v) is 4.01. The van der Waals surface area contributed by atoms with Gasteiger partial charge < -0.3 is 4.57 Å². The summed E-state index contributed by atoms with van der Waals surface area (Å²) in [5, 5.41) is 10.2. The van der Waals surface area contributed by atoms with Crippen LogP contribution < -0.4 is 0 Å². The van der Waals surface area contributed by atoms with Crippen LogP contribution in [0.4, 0.5) is 0 Å². The molecule has 0 N–H and O–H groups in total. The molecule has 0 aliphatic heterocycles. The van der Waals surface area contributed by atoms with Crippen LogP contribution in [-0.2, 0) is 7.05 Å². The van der Waals surface area contributed by atoms with Gasteiger partial charge in [-0.25, -0.2) is 0 Å². The van der Waals surface area contributed by atoms with Gasteiger partial charge >= 0.3 is 0 Å². The van der Waals surface area contributed by atoms with Gasteiger partial charge in [0.05, 0.1) is 22.8 Å². The van der Waals surface area contributed by atoms with E-state index in [4.69, 9.17) is 0 Å². The number of nitrogens with zero attached hydrogens (tertiary/aromatic N) is 2. The molecule has 0 unspecified atom stereocenters. The predicted molar refractivity (Wildman–Crippen MR) is 69.2 cm³/mol. The van der Waals surface area contributed by atoms with E-state index in [1.54, 1.807) is 0 Å². The molecule has 2 nitrogen and oxygen atoms in total. The highest BCUT2D eigenvalue weighted by atomic mass is 14.9. The number of aryl methyl sites for hydroxylation is 1. The van der Waals surface area contributed by atoms with Crippen molar-refractivity contribution in [3.63, 3.8) is 0 Å². The smallest absolute Gasteiger partial charge is 0.0998 e. The molecule has 0 bridgehead atoms. The molecule has 1 heterocycles. The first-order valence-corrected chi connectivity index (χ1v) is 5.43. The second-order valence-electron chi connectivity index (χ2n) is 4.01. The third kappa shape index (κ3) is 1.27. The summed E-state index contributed by atoms with van der Waals surface area (Å²) < 4.78 is 2.10. The zero-order valence-corrected chi connectivity index (χ0v) is 9.44. The van der Waals surface area contributed by atoms with Gasteiger partial charge in [0.15, 0.2) is 0 Å². The van der Waals surface area contributed by atoms with Gasteiger partial charge in [-0.1, -0.05) is 18.2 Å². The highest BCUT2D eigenvalue weighted by Gasteiger charge is 2.14. The lowest BCUT2D eigenvalue weighted by Gasteiger charge is -1.98. The SMILES string of the molecule is Cn1c2c(c3c(C#N)cccc31)C=CC=C=C2. The Morgan fingerprint density at radius 2 is 2.24 bits per heavy atom. The molecule has 2 heteroatoms. The van der Waals surface area contributed by atoms with Gasteiger partial charge in [-0.15, -0.1) is 5.73 Å². The second kappa shape index (κ2) is 3.52. The largest absolute Gasteiger partial charge is 0.343 e. The molecule has 17 heavy (non-hydrogen) atoms. The third-order valence-electron chi connectivity index (χ3n) is 3.11. The number of hydrogen-bond acceptors (Lipinski definition) is 1. The maximum absolute atomic E-state index is 9.20. The van der Waals surface area contributed by atoms with Gasteiger partial charge in [0.25, 0.3) is 0 Å². The van der Waals surface area contributed by atoms with E-state index in [0.29, 0.717) is 0 Å². The van der Waals surface area contributed by atoms with Gasteiger partial charge in [0, 0.05) is 24.1 Å². The van der Waals surface area contributed by atoms with Crippen LogP contribution in [0.3, 0.4) is 0 Å². The van der Waals surface area contributed by atoms with E-state index in [2.05, 4.69) is 16.4 Å². The molecule has 0 atom stereocenters. The number of benzene rings is 1. The maximum Gasteiger partial charge on any atom is 0.0998 e. The normalized spacial score (nSPS) is 12.5. The van der Waals surface area contributed by atoms with E-state index in [0.717, 1.165) is 27.7 Å². The minimum absolute atomic E-state index is 0.722. The lowest BCUT2D eigenvalue weighted by atomic mass is 10.1. The molecule has 1 aromatic carbocycles. The van der Waals surface area contributed by atoms with Crippen molar-refractivity contribution in [2.75, 3.05) is 0 Å². The van der Waals surface area contributed by atoms with E-state index in [1.807, 2.05) is 49.6 Å². The first-order chi connectivity index (χ1) is 8.33. The average Bonchev–Trinajstić information content (AvgIpc) is 2.57. The van der Waals surface area contributed by atoms with E-state index in [9.17, 15) is 5.26 Å². The first-order valence-electron chi connectivity index (χ1n) is 5.43. The highest BCUT2D eigenvalue weighted by molar-refractivity contribution is 5.98. The Kier molecular flexibility index (Phi) is 2.01. The van der Waals surface area contributed by atoms with E-state index in [1.165, 1.54) is 0 Å². The molecule has 3 rings (SSSR count). The number of allylic oxidation sites excluding steroid dienone is 2. The zero-order valence-electron chi connectivity index (χ0n) is 9.44. The summed E-state index contributed by atoms with van der Waals surface area (Å²) in [6.45, 7) is 0. The van der Waals surface area contributed by atoms with Gasteiger partial charge in [-0.05, 0) is 18.2 Å². The van der Waals surface area contributed by atoms with Gasteiger partial charge in [-0.2, -0.15) is 5.26 Å². The van der Waals surface area contributed by atoms with Gasteiger partial charge in [0.1, 0.15) is 0 Å². The summed E-state index contributed by atoms with van der Waals surface area (Å²) >= 11 is 0. The van der Waals surface area contributed by atoms with Crippen LogP contribution in [0.25, 0.3) is 23.1 Å². The first kappa shape index (κ1) is 9.72. The topological polar surface area (TPSA) is 28.7 Å². The van der Waals surface area contributed by atoms with Crippen molar-refractivity contribution in [2.24, 2.45) is 7.05 Å². The quantitative estimate of drug-likeness (QED) is 0.624. The Balaban J connectivity index is 2.56. The molecule has 0 saturated carbocycles. The summed E-state index contributed by atoms with van der Waals surface area (Å²) in [6.07, 6.45) is 7.82. The maximum atomic E-state index is 9.20. The van der Waals surface area contributed by atoms with Gasteiger partial charge in [-0.3, -0.25) is 0 Å². The fourth-order valence-corrected chi connectivity index (χ4v) is 2.30. The Bertz CT molecular complexity index is 745. The molecule has 0 saturated heterocycles. The van der Waals surface area contributed by atoms with E-state index >= 15 is 0 Å². The fourth-order valence-electron chi connectivity index (χ4n) is 2.30. The molecule has 2 aromatic rings. The van der Waals surface area contributed by atoms with Crippen molar-refractivity contribution in [3.8, 4) is 6.07 Å². The molecule has 1 aromatic heterocycles. The van der Waals surface area contributed by atoms with Crippen molar-refractivity contribution in [1.29, 1.82) is 5.26 Å². The molecule has 0 amide bonds. The van der Waals surface area contributed by atoms with Crippen LogP contribution in [0.15, 0.2) is 36.1 Å². The highest BCUT2D eigenvalue weighted by Crippen LogP contribution is 2.30. The Morgan fingerprint density at radius 3 is 3.06 bits per heavy atom. The summed E-state index contributed by atoms with van der Waals surface area (Å²) in [4.78, 5) is 0. The molecule has 0 fully saturated rings. The third-order valence-corrected chi connectivity index (χ3v) is 3.11. The van der Waals surface area contributed by atoms with Crippen LogP contribution in [0.2, 0.25) is 0 Å². The summed E-state index contributed by atoms with van der Waals surface area (Å²) in [6, 6.07) is 8.08. The fraction of sp³-hybridized carbons (Fsp3) is 0.0667. The molecule has 80 valence electrons. The van der Waals surface area contributed by atoms with Crippen molar-refractivity contribution in [2.45, 2.75) is 0 Å². The summed E-state index contributed by atoms with van der Waals surface area (Å²) in [5.41, 5.74) is 7.09. The Hall–Kier alpha value is -2.49. The predicted octanol–water partition coefficient (Wildman–Crippen LogP) is 3.25. The summed E-state index contributed by atoms with van der Waals surface area (Å²) in [5.74, 6) is 0. The van der Waals surface area contributed by atoms with Crippen molar-refractivity contribution in [1.82, 2.24) is 4.57 Å². The number of rotatable bonds is 0. The van der Waals surface area contributed by atoms with E-state index < -0.39 is 0 Å². The monoisotopic (exact) mass is 218 g/mol. The zero-order chi connectivity index (χ0) is 11.8. The average molecular weight is 218 g/mol. The lowest BCUT2D eigenvalue weighted by Crippen LogP contribution is -1.90. The number of aromatic nitrogens is 1. The minimum atomic E-state index is 0.722. The molecule has 1 aliphatic rings.